The van der Waals surface area contributed by atoms with Gasteiger partial charge in [-0.2, -0.15) is 0 Å². The highest BCUT2D eigenvalue weighted by atomic mass is 32.1. The molecule has 3 heteroatoms. The lowest BCUT2D eigenvalue weighted by Crippen LogP contribution is -1.84. The number of aryl methyl sites for hydroxylation is 1. The van der Waals surface area contributed by atoms with E-state index in [1.807, 2.05) is 30.6 Å². The number of rotatable bonds is 2. The number of fused-ring (bicyclic) bond motifs is 1. The summed E-state index contributed by atoms with van der Waals surface area (Å²) in [6.45, 7) is 2.13. The van der Waals surface area contributed by atoms with Crippen molar-refractivity contribution in [2.75, 3.05) is 0 Å². The molecular weight excluding hydrogens is 288 g/mol. The average Bonchev–Trinajstić information content (AvgIpc) is 2.99. The number of benzene rings is 2. The Morgan fingerprint density at radius 3 is 2.41 bits per heavy atom. The summed E-state index contributed by atoms with van der Waals surface area (Å²) in [4.78, 5) is 8.86. The standard InChI is InChI=1S/C19H14N2S/c1-13-10-15(14-6-8-20-9-7-14)12-16(11-13)19-21-17-4-2-3-5-18(17)22-19/h2-12H,1H3. The molecule has 4 aromatic rings. The van der Waals surface area contributed by atoms with Gasteiger partial charge in [-0.05, 0) is 60.0 Å². The minimum absolute atomic E-state index is 1.06. The summed E-state index contributed by atoms with van der Waals surface area (Å²) in [5.41, 5.74) is 5.86. The van der Waals surface area contributed by atoms with Gasteiger partial charge in [-0.3, -0.25) is 4.98 Å². The number of aromatic nitrogens is 2. The van der Waals surface area contributed by atoms with Crippen LogP contribution in [0, 0.1) is 6.92 Å². The van der Waals surface area contributed by atoms with Gasteiger partial charge in [-0.25, -0.2) is 4.98 Å². The molecule has 0 N–H and O–H groups in total. The minimum Gasteiger partial charge on any atom is -0.265 e. The fourth-order valence-electron chi connectivity index (χ4n) is 2.61. The quantitative estimate of drug-likeness (QED) is 0.500. The summed E-state index contributed by atoms with van der Waals surface area (Å²) in [5, 5.41) is 1.07. The van der Waals surface area contributed by atoms with E-state index in [-0.39, 0.29) is 0 Å². The summed E-state index contributed by atoms with van der Waals surface area (Å²) >= 11 is 1.74. The van der Waals surface area contributed by atoms with E-state index in [1.54, 1.807) is 11.3 Å². The van der Waals surface area contributed by atoms with Crippen molar-refractivity contribution in [2.45, 2.75) is 6.92 Å². The van der Waals surface area contributed by atoms with Gasteiger partial charge in [0.2, 0.25) is 0 Å². The number of hydrogen-bond donors (Lipinski definition) is 0. The Morgan fingerprint density at radius 1 is 0.818 bits per heavy atom. The zero-order valence-corrected chi connectivity index (χ0v) is 13.0. The molecule has 0 saturated carbocycles. The van der Waals surface area contributed by atoms with E-state index in [0.717, 1.165) is 10.5 Å². The number of pyridine rings is 1. The van der Waals surface area contributed by atoms with E-state index in [4.69, 9.17) is 4.98 Å². The van der Waals surface area contributed by atoms with Crippen molar-refractivity contribution in [3.8, 4) is 21.7 Å². The molecule has 0 aliphatic carbocycles. The van der Waals surface area contributed by atoms with Gasteiger partial charge in [-0.15, -0.1) is 11.3 Å². The third-order valence-electron chi connectivity index (χ3n) is 3.63. The second kappa shape index (κ2) is 5.35. The number of para-hydroxylation sites is 1. The Labute approximate surface area is 133 Å². The molecule has 0 amide bonds. The first-order chi connectivity index (χ1) is 10.8. The first kappa shape index (κ1) is 13.2. The number of thiazole rings is 1. The Morgan fingerprint density at radius 2 is 1.59 bits per heavy atom. The fraction of sp³-hybridized carbons (Fsp3) is 0.0526. The zero-order valence-electron chi connectivity index (χ0n) is 12.2. The SMILES string of the molecule is Cc1cc(-c2ccncc2)cc(-c2nc3ccccc3s2)c1. The maximum absolute atomic E-state index is 4.77. The molecule has 22 heavy (non-hydrogen) atoms. The van der Waals surface area contributed by atoms with Crippen LogP contribution in [-0.2, 0) is 0 Å². The van der Waals surface area contributed by atoms with Crippen molar-refractivity contribution in [1.82, 2.24) is 9.97 Å². The van der Waals surface area contributed by atoms with Crippen LogP contribution in [0.1, 0.15) is 5.56 Å². The Kier molecular flexibility index (Phi) is 3.20. The Bertz CT molecular complexity index is 909. The number of hydrogen-bond acceptors (Lipinski definition) is 3. The lowest BCUT2D eigenvalue weighted by molar-refractivity contribution is 1.33. The summed E-state index contributed by atoms with van der Waals surface area (Å²) in [6.07, 6.45) is 3.66. The van der Waals surface area contributed by atoms with Crippen LogP contribution in [0.3, 0.4) is 0 Å². The third kappa shape index (κ3) is 2.40. The molecule has 4 rings (SSSR count). The summed E-state index contributed by atoms with van der Waals surface area (Å²) in [5.74, 6) is 0. The van der Waals surface area contributed by atoms with Crippen LogP contribution < -0.4 is 0 Å². The van der Waals surface area contributed by atoms with E-state index in [0.29, 0.717) is 0 Å². The molecule has 0 aliphatic heterocycles. The van der Waals surface area contributed by atoms with Crippen LogP contribution in [0.4, 0.5) is 0 Å². The molecule has 2 heterocycles. The monoisotopic (exact) mass is 302 g/mol. The van der Waals surface area contributed by atoms with Gasteiger partial charge in [0.1, 0.15) is 5.01 Å². The molecule has 0 aliphatic rings. The summed E-state index contributed by atoms with van der Waals surface area (Å²) in [7, 11) is 0. The van der Waals surface area contributed by atoms with Crippen LogP contribution in [0.5, 0.6) is 0 Å². The van der Waals surface area contributed by atoms with Crippen molar-refractivity contribution in [3.63, 3.8) is 0 Å². The van der Waals surface area contributed by atoms with Crippen LogP contribution in [0.15, 0.2) is 67.0 Å². The highest BCUT2D eigenvalue weighted by Gasteiger charge is 2.08. The van der Waals surface area contributed by atoms with Gasteiger partial charge in [0.05, 0.1) is 10.2 Å². The molecule has 0 atom stereocenters. The highest BCUT2D eigenvalue weighted by molar-refractivity contribution is 7.21. The highest BCUT2D eigenvalue weighted by Crippen LogP contribution is 2.33. The molecule has 0 unspecified atom stereocenters. The Hall–Kier alpha value is -2.52. The van der Waals surface area contributed by atoms with Gasteiger partial charge >= 0.3 is 0 Å². The fourth-order valence-corrected chi connectivity index (χ4v) is 3.57. The van der Waals surface area contributed by atoms with Gasteiger partial charge in [0.15, 0.2) is 0 Å². The van der Waals surface area contributed by atoms with Crippen LogP contribution >= 0.6 is 11.3 Å². The van der Waals surface area contributed by atoms with Crippen molar-refractivity contribution in [2.24, 2.45) is 0 Å². The second-order valence-corrected chi connectivity index (χ2v) is 6.34. The van der Waals surface area contributed by atoms with Gasteiger partial charge in [0, 0.05) is 18.0 Å². The van der Waals surface area contributed by atoms with Crippen molar-refractivity contribution in [1.29, 1.82) is 0 Å². The topological polar surface area (TPSA) is 25.8 Å². The maximum atomic E-state index is 4.77. The molecule has 106 valence electrons. The van der Waals surface area contributed by atoms with E-state index in [9.17, 15) is 0 Å². The van der Waals surface area contributed by atoms with Gasteiger partial charge < -0.3 is 0 Å². The van der Waals surface area contributed by atoms with Gasteiger partial charge in [0.25, 0.3) is 0 Å². The molecule has 0 radical (unpaired) electrons. The molecule has 2 aromatic carbocycles. The lowest BCUT2D eigenvalue weighted by atomic mass is 10.0. The Balaban J connectivity index is 1.86. The largest absolute Gasteiger partial charge is 0.265 e. The first-order valence-electron chi connectivity index (χ1n) is 7.18. The molecule has 0 bridgehead atoms. The summed E-state index contributed by atoms with van der Waals surface area (Å²) in [6, 6.07) is 19.0. The summed E-state index contributed by atoms with van der Waals surface area (Å²) < 4.78 is 1.23. The van der Waals surface area contributed by atoms with Crippen LogP contribution in [0.2, 0.25) is 0 Å². The van der Waals surface area contributed by atoms with E-state index >= 15 is 0 Å². The molecule has 0 spiro atoms. The van der Waals surface area contributed by atoms with Crippen molar-refractivity contribution >= 4 is 21.6 Å². The predicted octanol–water partition coefficient (Wildman–Crippen LogP) is 5.33. The van der Waals surface area contributed by atoms with Crippen LogP contribution in [0.25, 0.3) is 31.9 Å². The average molecular weight is 302 g/mol. The van der Waals surface area contributed by atoms with E-state index < -0.39 is 0 Å². The molecular formula is C19H14N2S. The lowest BCUT2D eigenvalue weighted by Gasteiger charge is -2.06. The molecule has 2 nitrogen and oxygen atoms in total. The zero-order chi connectivity index (χ0) is 14.9. The maximum Gasteiger partial charge on any atom is 0.124 e. The third-order valence-corrected chi connectivity index (χ3v) is 4.72. The normalized spacial score (nSPS) is 11.0. The van der Waals surface area contributed by atoms with Gasteiger partial charge in [-0.1, -0.05) is 18.2 Å². The molecule has 2 aromatic heterocycles. The molecule has 0 saturated heterocycles. The van der Waals surface area contributed by atoms with Crippen molar-refractivity contribution in [3.05, 3.63) is 72.6 Å². The molecule has 0 fully saturated rings. The van der Waals surface area contributed by atoms with E-state index in [2.05, 4.69) is 48.3 Å². The number of nitrogens with zero attached hydrogens (tertiary/aromatic N) is 2. The second-order valence-electron chi connectivity index (χ2n) is 5.31. The smallest absolute Gasteiger partial charge is 0.124 e. The first-order valence-corrected chi connectivity index (χ1v) is 7.99. The van der Waals surface area contributed by atoms with Crippen molar-refractivity contribution < 1.29 is 0 Å². The predicted molar refractivity (Wildman–Crippen MR) is 93.0 cm³/mol. The minimum atomic E-state index is 1.06. The van der Waals surface area contributed by atoms with E-state index in [1.165, 1.54) is 27.0 Å². The van der Waals surface area contributed by atoms with Crippen LogP contribution in [-0.4, -0.2) is 9.97 Å².